The van der Waals surface area contributed by atoms with E-state index in [9.17, 15) is 13.2 Å². The largest absolute Gasteiger partial charge is 0.486 e. The molecule has 1 aliphatic rings. The molecule has 1 atom stereocenters. The number of ether oxygens (including phenoxy) is 1. The first-order valence-corrected chi connectivity index (χ1v) is 11.8. The van der Waals surface area contributed by atoms with E-state index in [-0.39, 0.29) is 4.90 Å². The van der Waals surface area contributed by atoms with Crippen molar-refractivity contribution < 1.29 is 27.3 Å². The Morgan fingerprint density at radius 1 is 1.00 bits per heavy atom. The summed E-state index contributed by atoms with van der Waals surface area (Å²) >= 11 is 0. The number of rotatable bonds is 6. The zero-order chi connectivity index (χ0) is 23.6. The molecule has 0 aromatic heterocycles. The Morgan fingerprint density at radius 2 is 1.56 bits per heavy atom. The summed E-state index contributed by atoms with van der Waals surface area (Å²) in [4.78, 5) is 12.5. The number of carbonyl (C=O) groups excluding carboxylic acids is 1. The predicted molar refractivity (Wildman–Crippen MR) is 122 cm³/mol. The lowest BCUT2D eigenvalue weighted by molar-refractivity contribution is 0.00578. The molecule has 9 heteroatoms. The smallest absolute Gasteiger partial charge is 0.436 e. The average molecular weight is 457 g/mol. The minimum Gasteiger partial charge on any atom is -0.436 e. The maximum atomic E-state index is 12.5. The lowest BCUT2D eigenvalue weighted by atomic mass is 9.88. The van der Waals surface area contributed by atoms with Crippen LogP contribution in [0.25, 0.3) is 0 Å². The normalized spacial score (nSPS) is 18.5. The maximum absolute atomic E-state index is 12.5. The van der Waals surface area contributed by atoms with Crippen LogP contribution in [0, 0.1) is 6.92 Å². The van der Waals surface area contributed by atoms with E-state index in [0.29, 0.717) is 5.56 Å². The summed E-state index contributed by atoms with van der Waals surface area (Å²) in [5.74, 6) is 1.66. The number of hydrogen-bond acceptors (Lipinski definition) is 6. The molecular formula is C23H28BNO6S. The van der Waals surface area contributed by atoms with Gasteiger partial charge in [0, 0.05) is 0 Å². The molecule has 0 saturated carbocycles. The molecule has 1 unspecified atom stereocenters. The summed E-state index contributed by atoms with van der Waals surface area (Å²) in [5.41, 5.74) is 0.557. The molecule has 1 fully saturated rings. The zero-order valence-corrected chi connectivity index (χ0v) is 19.7. The highest BCUT2D eigenvalue weighted by Crippen LogP contribution is 2.37. The van der Waals surface area contributed by atoms with E-state index in [4.69, 9.17) is 14.0 Å². The molecule has 1 aliphatic heterocycles. The molecule has 3 rings (SSSR count). The highest BCUT2D eigenvalue weighted by molar-refractivity contribution is 7.90. The molecule has 1 heterocycles. The highest BCUT2D eigenvalue weighted by atomic mass is 32.2. The van der Waals surface area contributed by atoms with Gasteiger partial charge in [-0.1, -0.05) is 54.0 Å². The van der Waals surface area contributed by atoms with Crippen LogP contribution >= 0.6 is 0 Å². The van der Waals surface area contributed by atoms with E-state index in [2.05, 4.69) is 0 Å². The first-order valence-electron chi connectivity index (χ1n) is 10.3. The topological polar surface area (TPSA) is 90.9 Å². The second-order valence-electron chi connectivity index (χ2n) is 8.66. The van der Waals surface area contributed by atoms with Gasteiger partial charge in [0.25, 0.3) is 10.0 Å². The summed E-state index contributed by atoms with van der Waals surface area (Å²) in [6, 6.07) is 15.2. The van der Waals surface area contributed by atoms with Gasteiger partial charge in [0.05, 0.1) is 16.1 Å². The van der Waals surface area contributed by atoms with Gasteiger partial charge in [0.2, 0.25) is 0 Å². The second kappa shape index (κ2) is 9.09. The Morgan fingerprint density at radius 3 is 2.12 bits per heavy atom. The Bertz CT molecular complexity index is 1070. The molecule has 1 saturated heterocycles. The van der Waals surface area contributed by atoms with Crippen LogP contribution in [0.4, 0.5) is 4.79 Å². The molecule has 32 heavy (non-hydrogen) atoms. The average Bonchev–Trinajstić information content (AvgIpc) is 2.92. The number of amides is 1. The van der Waals surface area contributed by atoms with Crippen LogP contribution in [0.1, 0.15) is 44.9 Å². The van der Waals surface area contributed by atoms with Crippen molar-refractivity contribution in [1.29, 1.82) is 0 Å². The lowest BCUT2D eigenvalue weighted by Gasteiger charge is -2.32. The van der Waals surface area contributed by atoms with Crippen LogP contribution in [-0.2, 0) is 24.1 Å². The van der Waals surface area contributed by atoms with E-state index < -0.39 is 40.5 Å². The molecule has 1 amide bonds. The number of benzene rings is 2. The molecule has 0 aliphatic carbocycles. The van der Waals surface area contributed by atoms with Crippen molar-refractivity contribution in [3.8, 4) is 0 Å². The van der Waals surface area contributed by atoms with Gasteiger partial charge in [0.1, 0.15) is 6.10 Å². The van der Waals surface area contributed by atoms with Crippen LogP contribution < -0.4 is 4.72 Å². The van der Waals surface area contributed by atoms with Crippen molar-refractivity contribution in [3.05, 3.63) is 77.8 Å². The van der Waals surface area contributed by atoms with E-state index in [1.54, 1.807) is 48.4 Å². The van der Waals surface area contributed by atoms with E-state index in [0.717, 1.165) is 5.56 Å². The first kappa shape index (κ1) is 24.0. The van der Waals surface area contributed by atoms with Crippen LogP contribution in [0.15, 0.2) is 71.5 Å². The number of sulfonamides is 1. The number of hydrogen-bond donors (Lipinski definition) is 1. The van der Waals surface area contributed by atoms with Crippen LogP contribution in [0.3, 0.4) is 0 Å². The van der Waals surface area contributed by atoms with Crippen molar-refractivity contribution >= 4 is 23.2 Å². The molecule has 0 bridgehead atoms. The SMILES string of the molecule is Cc1ccc(S(=O)(=O)NC(=O)OC(/C=C/B2OC(C)(C)C(C)(C)O2)c2ccccc2)cc1. The van der Waals surface area contributed by atoms with E-state index in [1.165, 1.54) is 12.1 Å². The number of aryl methyl sites for hydroxylation is 1. The number of nitrogens with one attached hydrogen (secondary N) is 1. The lowest BCUT2D eigenvalue weighted by Crippen LogP contribution is -2.41. The standard InChI is InChI=1S/C23H28BNO6S/c1-17-11-13-19(14-12-17)32(27,28)25-21(26)29-20(18-9-7-6-8-10-18)15-16-24-30-22(2,3)23(4,5)31-24/h6-16,20H,1-5H3,(H,25,26)/b16-15+. The third-order valence-corrected chi connectivity index (χ3v) is 6.95. The molecule has 2 aromatic rings. The van der Waals surface area contributed by atoms with Gasteiger partial charge in [-0.25, -0.2) is 17.9 Å². The fraction of sp³-hybridized carbons (Fsp3) is 0.348. The van der Waals surface area contributed by atoms with Gasteiger partial charge in [-0.05, 0) is 58.4 Å². The maximum Gasteiger partial charge on any atom is 0.486 e. The van der Waals surface area contributed by atoms with Crippen molar-refractivity contribution in [3.63, 3.8) is 0 Å². The second-order valence-corrected chi connectivity index (χ2v) is 10.3. The van der Waals surface area contributed by atoms with E-state index in [1.807, 2.05) is 45.4 Å². The molecule has 170 valence electrons. The third kappa shape index (κ3) is 5.59. The van der Waals surface area contributed by atoms with Crippen LogP contribution in [0.2, 0.25) is 0 Å². The molecule has 1 N–H and O–H groups in total. The van der Waals surface area contributed by atoms with Crippen molar-refractivity contribution in [2.75, 3.05) is 0 Å². The minimum absolute atomic E-state index is 0.0240. The number of carbonyl (C=O) groups is 1. The fourth-order valence-corrected chi connectivity index (χ4v) is 3.93. The Labute approximate surface area is 190 Å². The van der Waals surface area contributed by atoms with Gasteiger partial charge in [-0.3, -0.25) is 0 Å². The Hall–Kier alpha value is -2.62. The Balaban J connectivity index is 1.75. The summed E-state index contributed by atoms with van der Waals surface area (Å²) < 4.78 is 44.3. The minimum atomic E-state index is -4.06. The summed E-state index contributed by atoms with van der Waals surface area (Å²) in [6.45, 7) is 9.60. The molecule has 0 radical (unpaired) electrons. The molecule has 0 spiro atoms. The summed E-state index contributed by atoms with van der Waals surface area (Å²) in [6.07, 6.45) is -0.309. The van der Waals surface area contributed by atoms with Crippen molar-refractivity contribution in [1.82, 2.24) is 4.72 Å². The van der Waals surface area contributed by atoms with Crippen LogP contribution in [-0.4, -0.2) is 32.8 Å². The van der Waals surface area contributed by atoms with Crippen LogP contribution in [0.5, 0.6) is 0 Å². The summed E-state index contributed by atoms with van der Waals surface area (Å²) in [5, 5.41) is 0. The van der Waals surface area contributed by atoms with Gasteiger partial charge in [0.15, 0.2) is 0 Å². The van der Waals surface area contributed by atoms with Crippen molar-refractivity contribution in [2.45, 2.75) is 56.8 Å². The monoisotopic (exact) mass is 457 g/mol. The van der Waals surface area contributed by atoms with Gasteiger partial charge >= 0.3 is 13.2 Å². The van der Waals surface area contributed by atoms with Crippen molar-refractivity contribution in [2.24, 2.45) is 0 Å². The third-order valence-electron chi connectivity index (χ3n) is 5.63. The fourth-order valence-electron chi connectivity index (χ4n) is 3.05. The van der Waals surface area contributed by atoms with E-state index >= 15 is 0 Å². The van der Waals surface area contributed by atoms with Gasteiger partial charge in [-0.15, -0.1) is 0 Å². The highest BCUT2D eigenvalue weighted by Gasteiger charge is 2.50. The molecule has 2 aromatic carbocycles. The Kier molecular flexibility index (Phi) is 6.83. The first-order chi connectivity index (χ1) is 14.9. The zero-order valence-electron chi connectivity index (χ0n) is 18.9. The quantitative estimate of drug-likeness (QED) is 0.649. The predicted octanol–water partition coefficient (Wildman–Crippen LogP) is 4.34. The summed E-state index contributed by atoms with van der Waals surface area (Å²) in [7, 11) is -4.69. The molecule has 7 nitrogen and oxygen atoms in total. The van der Waals surface area contributed by atoms with Gasteiger partial charge in [-0.2, -0.15) is 0 Å². The molecular weight excluding hydrogens is 429 g/mol. The van der Waals surface area contributed by atoms with Gasteiger partial charge < -0.3 is 14.0 Å².